The molecular weight excluding hydrogens is 463 g/mol. The van der Waals surface area contributed by atoms with E-state index in [0.29, 0.717) is 30.1 Å². The van der Waals surface area contributed by atoms with Crippen LogP contribution in [0.15, 0.2) is 54.6 Å². The van der Waals surface area contributed by atoms with Gasteiger partial charge in [0.25, 0.3) is 11.8 Å². The van der Waals surface area contributed by atoms with Gasteiger partial charge in [0.05, 0.1) is 6.61 Å². The molecule has 0 unspecified atom stereocenters. The fraction of sp³-hybridized carbons (Fsp3) is 0.321. The lowest BCUT2D eigenvalue weighted by Gasteiger charge is -2.31. The number of urea groups is 1. The first-order chi connectivity index (χ1) is 17.4. The van der Waals surface area contributed by atoms with Gasteiger partial charge in [-0.15, -0.1) is 6.58 Å². The van der Waals surface area contributed by atoms with Gasteiger partial charge in [-0.3, -0.25) is 19.8 Å². The zero-order valence-corrected chi connectivity index (χ0v) is 20.2. The lowest BCUT2D eigenvalue weighted by Crippen LogP contribution is -2.57. The zero-order valence-electron chi connectivity index (χ0n) is 20.2. The van der Waals surface area contributed by atoms with Crippen molar-refractivity contribution in [3.8, 4) is 11.5 Å². The van der Waals surface area contributed by atoms with Crippen LogP contribution in [0.3, 0.4) is 0 Å². The smallest absolute Gasteiger partial charge is 0.331 e. The van der Waals surface area contributed by atoms with E-state index in [0.717, 1.165) is 36.8 Å². The number of carbonyl (C=O) groups is 3. The normalized spacial score (nSPS) is 17.4. The summed E-state index contributed by atoms with van der Waals surface area (Å²) in [5.74, 6) is -0.689. The molecule has 0 spiro atoms. The van der Waals surface area contributed by atoms with Crippen LogP contribution in [0, 0.1) is 5.82 Å². The highest BCUT2D eigenvalue weighted by molar-refractivity contribution is 6.31. The van der Waals surface area contributed by atoms with Crippen LogP contribution in [0.5, 0.6) is 11.5 Å². The van der Waals surface area contributed by atoms with Crippen LogP contribution < -0.4 is 14.8 Å². The van der Waals surface area contributed by atoms with Crippen molar-refractivity contribution in [1.29, 1.82) is 0 Å². The van der Waals surface area contributed by atoms with Crippen molar-refractivity contribution < 1.29 is 28.2 Å². The summed E-state index contributed by atoms with van der Waals surface area (Å²) in [6, 6.07) is 8.65. The van der Waals surface area contributed by atoms with E-state index in [-0.39, 0.29) is 24.0 Å². The van der Waals surface area contributed by atoms with Crippen LogP contribution in [0.25, 0.3) is 6.08 Å². The van der Waals surface area contributed by atoms with E-state index >= 15 is 0 Å². The summed E-state index contributed by atoms with van der Waals surface area (Å²) in [6.07, 6.45) is 6.99. The van der Waals surface area contributed by atoms with E-state index in [1.807, 2.05) is 6.92 Å². The molecular formula is C28H29FN2O5. The molecule has 2 fully saturated rings. The minimum atomic E-state index is -0.723. The second-order valence-corrected chi connectivity index (χ2v) is 8.78. The van der Waals surface area contributed by atoms with Gasteiger partial charge < -0.3 is 9.47 Å². The predicted molar refractivity (Wildman–Crippen MR) is 133 cm³/mol. The van der Waals surface area contributed by atoms with Gasteiger partial charge in [-0.2, -0.15) is 0 Å². The molecule has 1 aliphatic carbocycles. The van der Waals surface area contributed by atoms with Gasteiger partial charge in [0, 0.05) is 11.6 Å². The summed E-state index contributed by atoms with van der Waals surface area (Å²) in [5, 5.41) is 2.30. The van der Waals surface area contributed by atoms with E-state index in [9.17, 15) is 18.8 Å². The molecule has 0 bridgehead atoms. The monoisotopic (exact) mass is 492 g/mol. The van der Waals surface area contributed by atoms with E-state index in [4.69, 9.17) is 9.47 Å². The third-order valence-electron chi connectivity index (χ3n) is 6.25. The number of amides is 4. The number of carbonyl (C=O) groups excluding carboxylic acids is 3. The lowest BCUT2D eigenvalue weighted by molar-refractivity contribution is -0.131. The highest BCUT2D eigenvalue weighted by atomic mass is 19.1. The summed E-state index contributed by atoms with van der Waals surface area (Å²) in [6.45, 7) is 6.22. The Bertz CT molecular complexity index is 1200. The van der Waals surface area contributed by atoms with Crippen LogP contribution >= 0.6 is 0 Å². The topological polar surface area (TPSA) is 84.9 Å². The van der Waals surface area contributed by atoms with Crippen molar-refractivity contribution >= 4 is 23.9 Å². The molecule has 1 N–H and O–H groups in total. The Hall–Kier alpha value is -3.94. The van der Waals surface area contributed by atoms with E-state index in [2.05, 4.69) is 11.9 Å². The second-order valence-electron chi connectivity index (χ2n) is 8.78. The van der Waals surface area contributed by atoms with Gasteiger partial charge in [0.2, 0.25) is 0 Å². The van der Waals surface area contributed by atoms with Gasteiger partial charge in [-0.25, -0.2) is 9.18 Å². The molecule has 0 aromatic heterocycles. The number of barbiturate groups is 1. The maximum Gasteiger partial charge on any atom is 0.331 e. The van der Waals surface area contributed by atoms with Crippen molar-refractivity contribution in [1.82, 2.24) is 10.2 Å². The first-order valence-corrected chi connectivity index (χ1v) is 12.1. The van der Waals surface area contributed by atoms with Crippen LogP contribution in [0.4, 0.5) is 9.18 Å². The van der Waals surface area contributed by atoms with E-state index < -0.39 is 17.8 Å². The summed E-state index contributed by atoms with van der Waals surface area (Å²) >= 11 is 0. The van der Waals surface area contributed by atoms with E-state index in [1.165, 1.54) is 23.1 Å². The van der Waals surface area contributed by atoms with Crippen molar-refractivity contribution in [2.75, 3.05) is 6.61 Å². The standard InChI is InChI=1S/C28H29FN2O5/c1-3-7-20-14-19(15-23-26(32)30-28(34)31(27(23)33)22-8-5-6-9-22)16-24(35-4-2)25(20)36-17-18-10-12-21(29)13-11-18/h3,10-16,22H,1,4-9,17H2,2H3,(H,30,32,34)/b23-15+. The first kappa shape index (κ1) is 25.2. The third-order valence-corrected chi connectivity index (χ3v) is 6.25. The molecule has 7 nitrogen and oxygen atoms in total. The minimum Gasteiger partial charge on any atom is -0.490 e. The molecule has 1 heterocycles. The van der Waals surface area contributed by atoms with Crippen molar-refractivity contribution in [2.45, 2.75) is 51.7 Å². The van der Waals surface area contributed by atoms with Crippen LogP contribution in [-0.2, 0) is 22.6 Å². The molecule has 188 valence electrons. The minimum absolute atomic E-state index is 0.103. The van der Waals surface area contributed by atoms with Gasteiger partial charge in [0.15, 0.2) is 11.5 Å². The van der Waals surface area contributed by atoms with Gasteiger partial charge in [0.1, 0.15) is 18.0 Å². The molecule has 1 saturated carbocycles. The Morgan fingerprint density at radius 1 is 1.11 bits per heavy atom. The summed E-state index contributed by atoms with van der Waals surface area (Å²) in [7, 11) is 0. The SMILES string of the molecule is C=CCc1cc(/C=C2\C(=O)NC(=O)N(C3CCCC3)C2=O)cc(OCC)c1OCc1ccc(F)cc1. The maximum absolute atomic E-state index is 13.3. The number of nitrogens with zero attached hydrogens (tertiary/aromatic N) is 1. The number of ether oxygens (including phenoxy) is 2. The molecule has 1 aliphatic heterocycles. The molecule has 0 radical (unpaired) electrons. The van der Waals surface area contributed by atoms with Gasteiger partial charge in [-0.05, 0) is 67.7 Å². The molecule has 8 heteroatoms. The summed E-state index contributed by atoms with van der Waals surface area (Å²) in [4.78, 5) is 39.4. The molecule has 2 aliphatic rings. The first-order valence-electron chi connectivity index (χ1n) is 12.1. The fourth-order valence-corrected chi connectivity index (χ4v) is 4.57. The number of hydrogen-bond acceptors (Lipinski definition) is 5. The maximum atomic E-state index is 13.3. The van der Waals surface area contributed by atoms with Crippen molar-refractivity contribution in [3.63, 3.8) is 0 Å². The van der Waals surface area contributed by atoms with Crippen molar-refractivity contribution in [2.24, 2.45) is 0 Å². The van der Waals surface area contributed by atoms with Crippen LogP contribution in [-0.4, -0.2) is 35.4 Å². The highest BCUT2D eigenvalue weighted by Gasteiger charge is 2.40. The number of allylic oxidation sites excluding steroid dienone is 1. The van der Waals surface area contributed by atoms with E-state index in [1.54, 1.807) is 30.3 Å². The molecule has 2 aromatic carbocycles. The third kappa shape index (κ3) is 5.48. The summed E-state index contributed by atoms with van der Waals surface area (Å²) < 4.78 is 25.2. The van der Waals surface area contributed by atoms with Crippen LogP contribution in [0.1, 0.15) is 49.3 Å². The van der Waals surface area contributed by atoms with Crippen LogP contribution in [0.2, 0.25) is 0 Å². The Morgan fingerprint density at radius 3 is 2.50 bits per heavy atom. The Labute approximate surface area is 209 Å². The molecule has 2 aromatic rings. The molecule has 4 rings (SSSR count). The number of hydrogen-bond donors (Lipinski definition) is 1. The number of benzene rings is 2. The number of rotatable bonds is 9. The van der Waals surface area contributed by atoms with Crippen molar-refractivity contribution in [3.05, 3.63) is 77.1 Å². The highest BCUT2D eigenvalue weighted by Crippen LogP contribution is 2.36. The fourth-order valence-electron chi connectivity index (χ4n) is 4.57. The molecule has 0 atom stereocenters. The second kappa shape index (κ2) is 11.2. The quantitative estimate of drug-likeness (QED) is 0.305. The average molecular weight is 493 g/mol. The Kier molecular flexibility index (Phi) is 7.83. The number of nitrogens with one attached hydrogen (secondary N) is 1. The number of imide groups is 2. The zero-order chi connectivity index (χ0) is 25.7. The molecule has 36 heavy (non-hydrogen) atoms. The molecule has 4 amide bonds. The lowest BCUT2D eigenvalue weighted by atomic mass is 10.0. The van der Waals surface area contributed by atoms with Gasteiger partial charge in [-0.1, -0.05) is 31.1 Å². The average Bonchev–Trinajstić information content (AvgIpc) is 3.37. The Morgan fingerprint density at radius 2 is 1.83 bits per heavy atom. The van der Waals surface area contributed by atoms with Gasteiger partial charge >= 0.3 is 6.03 Å². The largest absolute Gasteiger partial charge is 0.490 e. The molecule has 1 saturated heterocycles. The summed E-state index contributed by atoms with van der Waals surface area (Å²) in [5.41, 5.74) is 1.99. The predicted octanol–water partition coefficient (Wildman–Crippen LogP) is 4.94. The Balaban J connectivity index is 1.68. The number of halogens is 1.